The third kappa shape index (κ3) is 3.67. The SMILES string of the molecule is c1cc(N2CCCC2)ccc1CNCC1CCSC1. The fourth-order valence-electron chi connectivity index (χ4n) is 2.96. The van der Waals surface area contributed by atoms with E-state index >= 15 is 0 Å². The highest BCUT2D eigenvalue weighted by Crippen LogP contribution is 2.23. The minimum Gasteiger partial charge on any atom is -0.372 e. The largest absolute Gasteiger partial charge is 0.372 e. The molecule has 1 aromatic rings. The van der Waals surface area contributed by atoms with Gasteiger partial charge in [0.05, 0.1) is 0 Å². The van der Waals surface area contributed by atoms with E-state index in [1.165, 1.54) is 61.7 Å². The molecule has 1 N–H and O–H groups in total. The second-order valence-electron chi connectivity index (χ2n) is 5.72. The Morgan fingerprint density at radius 1 is 1.16 bits per heavy atom. The molecule has 0 radical (unpaired) electrons. The van der Waals surface area contributed by atoms with Crippen molar-refractivity contribution in [2.45, 2.75) is 25.8 Å². The Morgan fingerprint density at radius 2 is 1.95 bits per heavy atom. The minimum atomic E-state index is 0.897. The first-order valence-corrected chi connectivity index (χ1v) is 8.69. The summed E-state index contributed by atoms with van der Waals surface area (Å²) >= 11 is 2.10. The molecule has 3 rings (SSSR count). The average molecular weight is 276 g/mol. The van der Waals surface area contributed by atoms with Gasteiger partial charge in [-0.15, -0.1) is 0 Å². The monoisotopic (exact) mass is 276 g/mol. The van der Waals surface area contributed by atoms with Crippen LogP contribution in [0.15, 0.2) is 24.3 Å². The Hall–Kier alpha value is -0.670. The molecule has 0 aromatic heterocycles. The van der Waals surface area contributed by atoms with E-state index in [1.54, 1.807) is 0 Å². The molecule has 1 aromatic carbocycles. The third-order valence-corrected chi connectivity index (χ3v) is 5.43. The summed E-state index contributed by atoms with van der Waals surface area (Å²) in [4.78, 5) is 2.49. The number of nitrogens with one attached hydrogen (secondary N) is 1. The van der Waals surface area contributed by atoms with E-state index in [9.17, 15) is 0 Å². The van der Waals surface area contributed by atoms with E-state index < -0.39 is 0 Å². The van der Waals surface area contributed by atoms with Gasteiger partial charge >= 0.3 is 0 Å². The van der Waals surface area contributed by atoms with Gasteiger partial charge in [-0.1, -0.05) is 12.1 Å². The zero-order valence-electron chi connectivity index (χ0n) is 11.6. The van der Waals surface area contributed by atoms with Crippen LogP contribution >= 0.6 is 11.8 Å². The van der Waals surface area contributed by atoms with Crippen LogP contribution < -0.4 is 10.2 Å². The lowest BCUT2D eigenvalue weighted by atomic mass is 10.1. The molecule has 1 unspecified atom stereocenters. The number of benzene rings is 1. The summed E-state index contributed by atoms with van der Waals surface area (Å²) in [5.74, 6) is 3.60. The predicted molar refractivity (Wildman–Crippen MR) is 85.0 cm³/mol. The standard InChI is InChI=1S/C16H24N2S/c1-2-9-18(8-1)16-5-3-14(4-6-16)11-17-12-15-7-10-19-13-15/h3-6,15,17H,1-2,7-13H2. The van der Waals surface area contributed by atoms with Gasteiger partial charge in [0.1, 0.15) is 0 Å². The fourth-order valence-corrected chi connectivity index (χ4v) is 4.25. The van der Waals surface area contributed by atoms with Gasteiger partial charge in [-0.05, 0) is 60.9 Å². The van der Waals surface area contributed by atoms with Crippen molar-refractivity contribution in [3.05, 3.63) is 29.8 Å². The van der Waals surface area contributed by atoms with Gasteiger partial charge in [0.25, 0.3) is 0 Å². The van der Waals surface area contributed by atoms with Crippen LogP contribution in [0.25, 0.3) is 0 Å². The van der Waals surface area contributed by atoms with Crippen LogP contribution in [0.3, 0.4) is 0 Å². The summed E-state index contributed by atoms with van der Waals surface area (Å²) in [6.07, 6.45) is 4.09. The van der Waals surface area contributed by atoms with Crippen molar-refractivity contribution in [3.8, 4) is 0 Å². The number of hydrogen-bond donors (Lipinski definition) is 1. The topological polar surface area (TPSA) is 15.3 Å². The van der Waals surface area contributed by atoms with Crippen molar-refractivity contribution < 1.29 is 0 Å². The van der Waals surface area contributed by atoms with Crippen molar-refractivity contribution in [2.75, 3.05) is 36.0 Å². The van der Waals surface area contributed by atoms with Crippen LogP contribution in [0.2, 0.25) is 0 Å². The lowest BCUT2D eigenvalue weighted by molar-refractivity contribution is 0.523. The average Bonchev–Trinajstić information content (AvgIpc) is 3.13. The molecule has 2 fully saturated rings. The van der Waals surface area contributed by atoms with Gasteiger partial charge in [0.15, 0.2) is 0 Å². The van der Waals surface area contributed by atoms with E-state index in [0.29, 0.717) is 0 Å². The van der Waals surface area contributed by atoms with Crippen LogP contribution in [0, 0.1) is 5.92 Å². The van der Waals surface area contributed by atoms with E-state index in [-0.39, 0.29) is 0 Å². The number of anilines is 1. The molecule has 2 nitrogen and oxygen atoms in total. The van der Waals surface area contributed by atoms with Crippen molar-refractivity contribution in [1.82, 2.24) is 5.32 Å². The fraction of sp³-hybridized carbons (Fsp3) is 0.625. The lowest BCUT2D eigenvalue weighted by Crippen LogP contribution is -2.22. The van der Waals surface area contributed by atoms with Crippen molar-refractivity contribution in [1.29, 1.82) is 0 Å². The number of rotatable bonds is 5. The molecule has 2 saturated heterocycles. The Morgan fingerprint density at radius 3 is 2.63 bits per heavy atom. The highest BCUT2D eigenvalue weighted by Gasteiger charge is 2.14. The summed E-state index contributed by atoms with van der Waals surface area (Å²) in [5, 5.41) is 3.61. The Kier molecular flexibility index (Phi) is 4.67. The molecule has 0 amide bonds. The third-order valence-electron chi connectivity index (χ3n) is 4.19. The second kappa shape index (κ2) is 6.67. The first kappa shape index (κ1) is 13.3. The van der Waals surface area contributed by atoms with Crippen LogP contribution in [-0.2, 0) is 6.54 Å². The van der Waals surface area contributed by atoms with E-state index in [4.69, 9.17) is 0 Å². The molecular formula is C16H24N2S. The summed E-state index contributed by atoms with van der Waals surface area (Å²) in [5.41, 5.74) is 2.81. The minimum absolute atomic E-state index is 0.897. The molecule has 2 aliphatic heterocycles. The quantitative estimate of drug-likeness (QED) is 0.889. The molecule has 0 saturated carbocycles. The van der Waals surface area contributed by atoms with Gasteiger partial charge in [-0.25, -0.2) is 0 Å². The zero-order valence-corrected chi connectivity index (χ0v) is 12.4. The highest BCUT2D eigenvalue weighted by atomic mass is 32.2. The molecule has 3 heteroatoms. The van der Waals surface area contributed by atoms with Crippen LogP contribution in [-0.4, -0.2) is 31.1 Å². The molecule has 0 bridgehead atoms. The van der Waals surface area contributed by atoms with Gasteiger partial charge < -0.3 is 10.2 Å². The summed E-state index contributed by atoms with van der Waals surface area (Å²) in [7, 11) is 0. The summed E-state index contributed by atoms with van der Waals surface area (Å²) in [6, 6.07) is 9.13. The van der Waals surface area contributed by atoms with Crippen molar-refractivity contribution in [3.63, 3.8) is 0 Å². The van der Waals surface area contributed by atoms with E-state index in [0.717, 1.165) is 12.5 Å². The number of nitrogens with zero attached hydrogens (tertiary/aromatic N) is 1. The second-order valence-corrected chi connectivity index (χ2v) is 6.87. The first-order valence-electron chi connectivity index (χ1n) is 7.54. The van der Waals surface area contributed by atoms with E-state index in [1.807, 2.05) is 0 Å². The number of hydrogen-bond acceptors (Lipinski definition) is 3. The molecule has 1 atom stereocenters. The van der Waals surface area contributed by atoms with Crippen LogP contribution in [0.1, 0.15) is 24.8 Å². The smallest absolute Gasteiger partial charge is 0.0366 e. The molecular weight excluding hydrogens is 252 g/mol. The maximum atomic E-state index is 3.61. The van der Waals surface area contributed by atoms with Gasteiger partial charge in [-0.2, -0.15) is 11.8 Å². The summed E-state index contributed by atoms with van der Waals surface area (Å²) < 4.78 is 0. The lowest BCUT2D eigenvalue weighted by Gasteiger charge is -2.18. The molecule has 2 heterocycles. The predicted octanol–water partition coefficient (Wildman–Crippen LogP) is 3.13. The zero-order chi connectivity index (χ0) is 12.9. The number of thioether (sulfide) groups is 1. The highest BCUT2D eigenvalue weighted by molar-refractivity contribution is 7.99. The molecule has 104 valence electrons. The van der Waals surface area contributed by atoms with Gasteiger partial charge in [0.2, 0.25) is 0 Å². The van der Waals surface area contributed by atoms with Gasteiger partial charge in [0, 0.05) is 25.3 Å². The van der Waals surface area contributed by atoms with Crippen molar-refractivity contribution >= 4 is 17.4 Å². The molecule has 2 aliphatic rings. The maximum Gasteiger partial charge on any atom is 0.0366 e. The van der Waals surface area contributed by atoms with Crippen molar-refractivity contribution in [2.24, 2.45) is 5.92 Å². The van der Waals surface area contributed by atoms with Gasteiger partial charge in [-0.3, -0.25) is 0 Å². The van der Waals surface area contributed by atoms with Crippen LogP contribution in [0.4, 0.5) is 5.69 Å². The summed E-state index contributed by atoms with van der Waals surface area (Å²) in [6.45, 7) is 4.66. The Balaban J connectivity index is 1.45. The Bertz CT molecular complexity index is 378. The maximum absolute atomic E-state index is 3.61. The van der Waals surface area contributed by atoms with E-state index in [2.05, 4.69) is 46.2 Å². The Labute approximate surface area is 121 Å². The molecule has 0 spiro atoms. The molecule has 19 heavy (non-hydrogen) atoms. The normalized spacial score (nSPS) is 23.2. The van der Waals surface area contributed by atoms with Crippen LogP contribution in [0.5, 0.6) is 0 Å². The molecule has 0 aliphatic carbocycles. The first-order chi connectivity index (χ1) is 9.42.